The zero-order valence-corrected chi connectivity index (χ0v) is 15.2. The minimum absolute atomic E-state index is 0.0535. The van der Waals surface area contributed by atoms with Crippen LogP contribution in [0.4, 0.5) is 5.82 Å². The molecule has 23 heavy (non-hydrogen) atoms. The van der Waals surface area contributed by atoms with Crippen LogP contribution in [-0.4, -0.2) is 55.0 Å². The van der Waals surface area contributed by atoms with Gasteiger partial charge in [-0.25, -0.2) is 4.98 Å². The predicted octanol–water partition coefficient (Wildman–Crippen LogP) is 2.28. The van der Waals surface area contributed by atoms with Crippen LogP contribution in [-0.2, 0) is 17.7 Å². The molecule has 0 unspecified atom stereocenters. The van der Waals surface area contributed by atoms with E-state index in [-0.39, 0.29) is 5.54 Å². The second kappa shape index (κ2) is 6.31. The molecule has 0 atom stereocenters. The molecule has 124 valence electrons. The number of hydrogen-bond donors (Lipinski definition) is 0. The van der Waals surface area contributed by atoms with Crippen molar-refractivity contribution in [3.63, 3.8) is 0 Å². The van der Waals surface area contributed by atoms with Gasteiger partial charge in [-0.1, -0.05) is 0 Å². The van der Waals surface area contributed by atoms with Gasteiger partial charge in [-0.3, -0.25) is 4.90 Å². The third-order valence-corrected chi connectivity index (χ3v) is 5.69. The Morgan fingerprint density at radius 3 is 2.57 bits per heavy atom. The van der Waals surface area contributed by atoms with Gasteiger partial charge in [0, 0.05) is 30.7 Å². The third kappa shape index (κ3) is 2.93. The van der Waals surface area contributed by atoms with Crippen molar-refractivity contribution in [1.29, 1.82) is 5.26 Å². The summed E-state index contributed by atoms with van der Waals surface area (Å²) in [5, 5.41) is 10.5. The van der Waals surface area contributed by atoms with Crippen LogP contribution < -0.4 is 4.90 Å². The summed E-state index contributed by atoms with van der Waals surface area (Å²) in [6.07, 6.45) is 2.88. The molecule has 0 aromatic carbocycles. The van der Waals surface area contributed by atoms with E-state index in [4.69, 9.17) is 9.72 Å². The monoisotopic (exact) mass is 332 g/mol. The largest absolute Gasteiger partial charge is 0.378 e. The molecule has 2 aliphatic rings. The Kier molecular flexibility index (Phi) is 4.54. The summed E-state index contributed by atoms with van der Waals surface area (Å²) in [5.74, 6) is 1.05. The number of thioether (sulfide) groups is 1. The van der Waals surface area contributed by atoms with Crippen molar-refractivity contribution in [3.05, 3.63) is 16.7 Å². The van der Waals surface area contributed by atoms with Gasteiger partial charge < -0.3 is 9.64 Å². The first-order chi connectivity index (χ1) is 11.0. The van der Waals surface area contributed by atoms with Crippen molar-refractivity contribution in [2.45, 2.75) is 37.4 Å². The first-order valence-electron chi connectivity index (χ1n) is 8.01. The standard InChI is InChI=1S/C17H24N4OS/c1-17(2)9-12-13(10-18)16(23-4)19-15(14(12)11-20(17)3)21-5-7-22-8-6-21/h5-9,11H2,1-4H3. The Hall–Kier alpha value is -1.29. The predicted molar refractivity (Wildman–Crippen MR) is 93.0 cm³/mol. The molecule has 1 saturated heterocycles. The molecule has 1 aromatic rings. The van der Waals surface area contributed by atoms with Crippen LogP contribution in [0.15, 0.2) is 5.03 Å². The molecule has 0 aliphatic carbocycles. The molecule has 5 nitrogen and oxygen atoms in total. The van der Waals surface area contributed by atoms with Crippen molar-refractivity contribution in [1.82, 2.24) is 9.88 Å². The fraction of sp³-hybridized carbons (Fsp3) is 0.647. The smallest absolute Gasteiger partial charge is 0.134 e. The molecule has 0 radical (unpaired) electrons. The summed E-state index contributed by atoms with van der Waals surface area (Å²) in [4.78, 5) is 9.54. The van der Waals surface area contributed by atoms with E-state index in [1.165, 1.54) is 11.1 Å². The average molecular weight is 332 g/mol. The number of hydrogen-bond acceptors (Lipinski definition) is 6. The van der Waals surface area contributed by atoms with Crippen LogP contribution in [0.25, 0.3) is 0 Å². The summed E-state index contributed by atoms with van der Waals surface area (Å²) in [6, 6.07) is 2.41. The lowest BCUT2D eigenvalue weighted by molar-refractivity contribution is 0.120. The number of nitriles is 1. The number of rotatable bonds is 2. The highest BCUT2D eigenvalue weighted by atomic mass is 32.2. The molecule has 3 heterocycles. The molecule has 1 aromatic heterocycles. The first kappa shape index (κ1) is 16.6. The van der Waals surface area contributed by atoms with Crippen molar-refractivity contribution >= 4 is 17.6 Å². The van der Waals surface area contributed by atoms with Crippen molar-refractivity contribution in [2.24, 2.45) is 0 Å². The number of likely N-dealkylation sites (N-methyl/N-ethyl adjacent to an activating group) is 1. The second-order valence-corrected chi connectivity index (χ2v) is 7.63. The molecule has 0 saturated carbocycles. The third-order valence-electron chi connectivity index (χ3n) is 5.01. The molecule has 6 heteroatoms. The van der Waals surface area contributed by atoms with E-state index >= 15 is 0 Å². The number of pyridine rings is 1. The quantitative estimate of drug-likeness (QED) is 0.775. The Morgan fingerprint density at radius 2 is 1.96 bits per heavy atom. The highest BCUT2D eigenvalue weighted by Gasteiger charge is 2.35. The zero-order valence-electron chi connectivity index (χ0n) is 14.3. The lowest BCUT2D eigenvalue weighted by atomic mass is 9.84. The number of anilines is 1. The van der Waals surface area contributed by atoms with Crippen molar-refractivity contribution in [2.75, 3.05) is 44.5 Å². The summed E-state index contributed by atoms with van der Waals surface area (Å²) in [7, 11) is 2.15. The fourth-order valence-electron chi connectivity index (χ4n) is 3.31. The van der Waals surface area contributed by atoms with Crippen molar-refractivity contribution < 1.29 is 4.74 Å². The SMILES string of the molecule is CSc1nc(N2CCOCC2)c2c(c1C#N)CC(C)(C)N(C)C2. The summed E-state index contributed by atoms with van der Waals surface area (Å²) >= 11 is 1.57. The van der Waals surface area contributed by atoms with Gasteiger partial charge in [0.2, 0.25) is 0 Å². The van der Waals surface area contributed by atoms with Crippen LogP contribution >= 0.6 is 11.8 Å². The maximum Gasteiger partial charge on any atom is 0.134 e. The van der Waals surface area contributed by atoms with Crippen LogP contribution in [0.3, 0.4) is 0 Å². The van der Waals surface area contributed by atoms with Gasteiger partial charge in [-0.05, 0) is 39.1 Å². The van der Waals surface area contributed by atoms with Crippen LogP contribution in [0.2, 0.25) is 0 Å². The van der Waals surface area contributed by atoms with E-state index in [1.807, 2.05) is 6.26 Å². The molecule has 2 aliphatic heterocycles. The van der Waals surface area contributed by atoms with Gasteiger partial charge in [-0.15, -0.1) is 11.8 Å². The maximum atomic E-state index is 9.69. The van der Waals surface area contributed by atoms with E-state index in [0.717, 1.165) is 55.7 Å². The lowest BCUT2D eigenvalue weighted by Gasteiger charge is -2.43. The number of morpholine rings is 1. The number of aromatic nitrogens is 1. The van der Waals surface area contributed by atoms with Crippen LogP contribution in [0.5, 0.6) is 0 Å². The minimum atomic E-state index is 0.0535. The Bertz CT molecular complexity index is 647. The number of nitrogens with zero attached hydrogens (tertiary/aromatic N) is 4. The highest BCUT2D eigenvalue weighted by Crippen LogP contribution is 2.38. The average Bonchev–Trinajstić information content (AvgIpc) is 2.55. The minimum Gasteiger partial charge on any atom is -0.378 e. The van der Waals surface area contributed by atoms with Crippen LogP contribution in [0.1, 0.15) is 30.5 Å². The molecule has 0 spiro atoms. The zero-order chi connectivity index (χ0) is 16.6. The number of fused-ring (bicyclic) bond motifs is 1. The van der Waals surface area contributed by atoms with Gasteiger partial charge in [0.15, 0.2) is 0 Å². The number of ether oxygens (including phenoxy) is 1. The molecule has 0 N–H and O–H groups in total. The fourth-order valence-corrected chi connectivity index (χ4v) is 3.86. The molecule has 0 amide bonds. The van der Waals surface area contributed by atoms with Gasteiger partial charge in [0.25, 0.3) is 0 Å². The first-order valence-corrected chi connectivity index (χ1v) is 9.24. The van der Waals surface area contributed by atoms with Gasteiger partial charge in [-0.2, -0.15) is 5.26 Å². The second-order valence-electron chi connectivity index (χ2n) is 6.83. The molecule has 1 fully saturated rings. The van der Waals surface area contributed by atoms with Gasteiger partial charge in [0.05, 0.1) is 18.8 Å². The molecule has 0 bridgehead atoms. The van der Waals surface area contributed by atoms with E-state index in [2.05, 4.69) is 36.8 Å². The van der Waals surface area contributed by atoms with Gasteiger partial charge in [0.1, 0.15) is 16.9 Å². The molecule has 3 rings (SSSR count). The maximum absolute atomic E-state index is 9.69. The van der Waals surface area contributed by atoms with E-state index in [1.54, 1.807) is 11.8 Å². The summed E-state index contributed by atoms with van der Waals surface area (Å²) in [5.41, 5.74) is 3.24. The Labute approximate surface area is 142 Å². The van der Waals surface area contributed by atoms with E-state index in [9.17, 15) is 5.26 Å². The molecular formula is C17H24N4OS. The Balaban J connectivity index is 2.16. The van der Waals surface area contributed by atoms with Crippen molar-refractivity contribution in [3.8, 4) is 6.07 Å². The lowest BCUT2D eigenvalue weighted by Crippen LogP contribution is -2.47. The van der Waals surface area contributed by atoms with Gasteiger partial charge >= 0.3 is 0 Å². The molecular weight excluding hydrogens is 308 g/mol. The topological polar surface area (TPSA) is 52.4 Å². The van der Waals surface area contributed by atoms with E-state index in [0.29, 0.717) is 0 Å². The van der Waals surface area contributed by atoms with Crippen LogP contribution in [0, 0.1) is 11.3 Å². The summed E-state index contributed by atoms with van der Waals surface area (Å²) < 4.78 is 5.48. The summed E-state index contributed by atoms with van der Waals surface area (Å²) in [6.45, 7) is 8.54. The van der Waals surface area contributed by atoms with E-state index < -0.39 is 0 Å². The highest BCUT2D eigenvalue weighted by molar-refractivity contribution is 7.98. The normalized spacial score (nSPS) is 20.9. The Morgan fingerprint density at radius 1 is 1.26 bits per heavy atom.